The molecule has 1 fully saturated rings. The number of unbranched alkanes of at least 4 members (excludes halogenated alkanes) is 1. The van der Waals surface area contributed by atoms with Crippen LogP contribution < -0.4 is 15.4 Å². The zero-order chi connectivity index (χ0) is 48.7. The van der Waals surface area contributed by atoms with Crippen LogP contribution in [0.1, 0.15) is 93.5 Å². The number of β-amino-alcohol motifs (C(OH)–C–C–N with tert-alkyl or cyclic N) is 1. The van der Waals surface area contributed by atoms with E-state index in [1.807, 2.05) is 64.4 Å². The third-order valence-corrected chi connectivity index (χ3v) is 14.6. The molecule has 0 aliphatic carbocycles. The third kappa shape index (κ3) is 11.9. The zero-order valence-electron chi connectivity index (χ0n) is 39.5. The van der Waals surface area contributed by atoms with Crippen molar-refractivity contribution in [2.75, 3.05) is 32.8 Å². The van der Waals surface area contributed by atoms with Gasteiger partial charge in [-0.3, -0.25) is 19.2 Å². The van der Waals surface area contributed by atoms with Crippen molar-refractivity contribution in [1.82, 2.24) is 25.4 Å². The van der Waals surface area contributed by atoms with Gasteiger partial charge in [-0.1, -0.05) is 52.0 Å². The first-order valence-electron chi connectivity index (χ1n) is 23.1. The quantitative estimate of drug-likeness (QED) is 0.0389. The largest absolute Gasteiger partial charge is 0.508 e. The highest BCUT2D eigenvalue weighted by atomic mass is 32.1. The number of rotatable bonds is 19. The number of aromatic nitrogens is 1. The Kier molecular flexibility index (Phi) is 16.0. The van der Waals surface area contributed by atoms with Gasteiger partial charge in [0.2, 0.25) is 17.7 Å². The number of aliphatic hydroxyl groups excluding tert-OH is 1. The molecule has 0 spiro atoms. The minimum absolute atomic E-state index is 0.00248. The smallest absolute Gasteiger partial charge is 0.246 e. The van der Waals surface area contributed by atoms with E-state index >= 15 is 0 Å². The number of nitrogens with zero attached hydrogens (tertiary/aromatic N) is 3. The average Bonchev–Trinajstić information content (AvgIpc) is 4.04. The summed E-state index contributed by atoms with van der Waals surface area (Å²) < 4.78 is 6.86. The van der Waals surface area contributed by atoms with E-state index < -0.39 is 29.5 Å². The molecule has 0 bridgehead atoms. The zero-order valence-corrected chi connectivity index (χ0v) is 41.1. The van der Waals surface area contributed by atoms with Gasteiger partial charge in [-0.15, -0.1) is 22.7 Å². The predicted molar refractivity (Wildman–Crippen MR) is 268 cm³/mol. The number of phenols is 2. The van der Waals surface area contributed by atoms with E-state index in [4.69, 9.17) is 4.74 Å². The van der Waals surface area contributed by atoms with Crippen LogP contribution in [0.3, 0.4) is 0 Å². The summed E-state index contributed by atoms with van der Waals surface area (Å²) in [6, 6.07) is 24.6. The molecule has 1 aliphatic rings. The molecular weight excluding hydrogens is 899 g/mol. The Balaban J connectivity index is 0.869. The van der Waals surface area contributed by atoms with Crippen LogP contribution in [0, 0.1) is 12.3 Å². The second-order valence-corrected chi connectivity index (χ2v) is 20.4. The van der Waals surface area contributed by atoms with Crippen molar-refractivity contribution in [2.45, 2.75) is 91.5 Å². The molecule has 0 saturated carbocycles. The standard InChI is InChI=1S/C53H61N5O8S2/c1-7-57(26-27-66-41-22-17-35(18-23-41)47(63)46-42-24-21-39(60)29-44(42)68-49(46)37-15-19-38(59)20-16-37)25-9-8-10-45(62)56-50(53(4,5)6)52(65)58-30-40(61)28-43(58)51(64)55-32(2)34-11-13-36(14-12-34)48-33(3)54-31-67-48/h11-24,29,31-32,40,43,50,59-61H,7-10,25-28,30H2,1-6H3,(H,55,64)(H,56,62)/t32?,40-,43+,50?/m1/s1. The van der Waals surface area contributed by atoms with Crippen LogP contribution in [-0.2, 0) is 14.4 Å². The average molecular weight is 960 g/mol. The third-order valence-electron chi connectivity index (χ3n) is 12.5. The van der Waals surface area contributed by atoms with Gasteiger partial charge in [0, 0.05) is 52.0 Å². The monoisotopic (exact) mass is 959 g/mol. The summed E-state index contributed by atoms with van der Waals surface area (Å²) in [7, 11) is 0. The van der Waals surface area contributed by atoms with E-state index in [0.717, 1.165) is 61.7 Å². The van der Waals surface area contributed by atoms with Crippen molar-refractivity contribution in [3.63, 3.8) is 0 Å². The summed E-state index contributed by atoms with van der Waals surface area (Å²) in [6.07, 6.45) is 0.827. The van der Waals surface area contributed by atoms with Gasteiger partial charge in [-0.25, -0.2) is 4.98 Å². The van der Waals surface area contributed by atoms with Crippen LogP contribution in [-0.4, -0.2) is 105 Å². The minimum atomic E-state index is -0.902. The summed E-state index contributed by atoms with van der Waals surface area (Å²) in [6.45, 7) is 14.2. The van der Waals surface area contributed by atoms with Crippen LogP contribution in [0.4, 0.5) is 0 Å². The number of thiophene rings is 1. The Morgan fingerprint density at radius 1 is 0.882 bits per heavy atom. The first kappa shape index (κ1) is 49.8. The molecule has 2 aromatic heterocycles. The number of ether oxygens (including phenoxy) is 1. The second-order valence-electron chi connectivity index (χ2n) is 18.5. The van der Waals surface area contributed by atoms with Crippen molar-refractivity contribution in [1.29, 1.82) is 0 Å². The van der Waals surface area contributed by atoms with Crippen LogP contribution in [0.15, 0.2) is 96.5 Å². The van der Waals surface area contributed by atoms with Crippen molar-refractivity contribution >= 4 is 56.3 Å². The Morgan fingerprint density at radius 3 is 2.22 bits per heavy atom. The van der Waals surface area contributed by atoms with Crippen molar-refractivity contribution < 1.29 is 39.2 Å². The summed E-state index contributed by atoms with van der Waals surface area (Å²) >= 11 is 2.99. The molecule has 2 unspecified atom stereocenters. The lowest BCUT2D eigenvalue weighted by molar-refractivity contribution is -0.144. The molecule has 6 aromatic rings. The lowest BCUT2D eigenvalue weighted by Gasteiger charge is -2.35. The fourth-order valence-corrected chi connectivity index (χ4v) is 10.6. The topological polar surface area (TPSA) is 182 Å². The molecule has 0 radical (unpaired) electrons. The molecule has 358 valence electrons. The fraction of sp³-hybridized carbons (Fsp3) is 0.377. The molecule has 7 rings (SSSR count). The molecule has 4 atom stereocenters. The maximum absolute atomic E-state index is 14.2. The summed E-state index contributed by atoms with van der Waals surface area (Å²) in [5.74, 6) is -0.274. The molecule has 3 amide bonds. The van der Waals surface area contributed by atoms with Gasteiger partial charge in [0.05, 0.1) is 28.2 Å². The highest BCUT2D eigenvalue weighted by molar-refractivity contribution is 7.22. The molecule has 3 heterocycles. The number of hydrogen-bond donors (Lipinski definition) is 5. The molecule has 5 N–H and O–H groups in total. The van der Waals surface area contributed by atoms with Crippen molar-refractivity contribution in [2.24, 2.45) is 5.41 Å². The Labute approximate surface area is 405 Å². The van der Waals surface area contributed by atoms with Gasteiger partial charge in [0.25, 0.3) is 0 Å². The fourth-order valence-electron chi connectivity index (χ4n) is 8.56. The van der Waals surface area contributed by atoms with Crippen LogP contribution in [0.2, 0.25) is 0 Å². The number of likely N-dealkylation sites (N-methyl/N-ethyl adjacent to an activating group) is 1. The number of aromatic hydroxyl groups is 2. The van der Waals surface area contributed by atoms with Gasteiger partial charge in [-0.05, 0) is 129 Å². The second kappa shape index (κ2) is 21.9. The lowest BCUT2D eigenvalue weighted by Crippen LogP contribution is -2.57. The Morgan fingerprint density at radius 2 is 1.56 bits per heavy atom. The molecule has 1 saturated heterocycles. The molecule has 68 heavy (non-hydrogen) atoms. The first-order chi connectivity index (χ1) is 32.5. The van der Waals surface area contributed by atoms with Gasteiger partial charge in [0.15, 0.2) is 5.78 Å². The van der Waals surface area contributed by atoms with Crippen LogP contribution in [0.5, 0.6) is 17.2 Å². The summed E-state index contributed by atoms with van der Waals surface area (Å²) in [5.41, 5.74) is 5.90. The molecule has 4 aromatic carbocycles. The van der Waals surface area contributed by atoms with E-state index in [-0.39, 0.29) is 54.5 Å². The molecule has 13 nitrogen and oxygen atoms in total. The SMILES string of the molecule is CCN(CCCCC(=O)NC(C(=O)N1C[C@H](O)C[C@H]1C(=O)NC(C)c1ccc(-c2scnc2C)cc1)C(C)(C)C)CCOc1ccc(C(=O)c2c(-c3ccc(O)cc3)sc3cc(O)ccc23)cc1. The number of phenolic OH excluding ortho intramolecular Hbond substituents is 2. The van der Waals surface area contributed by atoms with Gasteiger partial charge in [0.1, 0.15) is 35.9 Å². The Bertz CT molecular complexity index is 2710. The normalized spacial score (nSPS) is 15.9. The number of amides is 3. The predicted octanol–water partition coefficient (Wildman–Crippen LogP) is 8.88. The van der Waals surface area contributed by atoms with Gasteiger partial charge >= 0.3 is 0 Å². The maximum Gasteiger partial charge on any atom is 0.246 e. The molecular formula is C53H61N5O8S2. The maximum atomic E-state index is 14.2. The number of hydrogen-bond acceptors (Lipinski definition) is 12. The van der Waals surface area contributed by atoms with E-state index in [9.17, 15) is 34.5 Å². The van der Waals surface area contributed by atoms with E-state index in [1.165, 1.54) is 16.2 Å². The van der Waals surface area contributed by atoms with Crippen molar-refractivity contribution in [3.8, 4) is 38.1 Å². The van der Waals surface area contributed by atoms with Crippen molar-refractivity contribution in [3.05, 3.63) is 119 Å². The lowest BCUT2D eigenvalue weighted by atomic mass is 9.85. The summed E-state index contributed by atoms with van der Waals surface area (Å²) in [4.78, 5) is 65.1. The number of fused-ring (bicyclic) bond motifs is 1. The summed E-state index contributed by atoms with van der Waals surface area (Å²) in [5, 5.41) is 37.4. The number of nitrogens with one attached hydrogen (secondary N) is 2. The van der Waals surface area contributed by atoms with E-state index in [0.29, 0.717) is 36.4 Å². The van der Waals surface area contributed by atoms with Gasteiger partial charge < -0.3 is 40.5 Å². The number of ketones is 1. The first-order valence-corrected chi connectivity index (χ1v) is 24.8. The number of thiazole rings is 1. The molecule has 15 heteroatoms. The number of benzene rings is 4. The number of aliphatic hydroxyl groups is 1. The van der Waals surface area contributed by atoms with E-state index in [1.54, 1.807) is 78.1 Å². The number of carbonyl (C=O) groups is 4. The number of carbonyl (C=O) groups excluding carboxylic acids is 4. The Hall–Kier alpha value is -6.13. The van der Waals surface area contributed by atoms with Gasteiger partial charge in [-0.2, -0.15) is 0 Å². The minimum Gasteiger partial charge on any atom is -0.508 e. The van der Waals surface area contributed by atoms with Crippen LogP contribution in [0.25, 0.3) is 31.0 Å². The molecule has 1 aliphatic heterocycles. The van der Waals surface area contributed by atoms with E-state index in [2.05, 4.69) is 27.4 Å². The number of likely N-dealkylation sites (tertiary alicyclic amines) is 1. The number of aryl methyl sites for hydroxylation is 1. The highest BCUT2D eigenvalue weighted by Crippen LogP contribution is 2.42. The highest BCUT2D eigenvalue weighted by Gasteiger charge is 2.44. The van der Waals surface area contributed by atoms with Crippen LogP contribution >= 0.6 is 22.7 Å².